The molecule has 0 atom stereocenters. The van der Waals surface area contributed by atoms with Gasteiger partial charge in [-0.15, -0.1) is 11.8 Å². The van der Waals surface area contributed by atoms with Crippen molar-refractivity contribution in [3.8, 4) is 0 Å². The van der Waals surface area contributed by atoms with Crippen LogP contribution in [-0.4, -0.2) is 29.3 Å². The van der Waals surface area contributed by atoms with Crippen LogP contribution in [0.4, 0.5) is 11.4 Å². The van der Waals surface area contributed by atoms with Gasteiger partial charge in [0, 0.05) is 21.2 Å². The summed E-state index contributed by atoms with van der Waals surface area (Å²) in [4.78, 5) is 37.8. The summed E-state index contributed by atoms with van der Waals surface area (Å²) in [5.74, 6) is -0.298. The highest BCUT2D eigenvalue weighted by molar-refractivity contribution is 8.00. The smallest absolute Gasteiger partial charge is 0.255 e. The van der Waals surface area contributed by atoms with E-state index in [1.807, 2.05) is 24.3 Å². The highest BCUT2D eigenvalue weighted by atomic mass is 35.5. The van der Waals surface area contributed by atoms with Gasteiger partial charge in [0.1, 0.15) is 5.84 Å². The third kappa shape index (κ3) is 6.00. The lowest BCUT2D eigenvalue weighted by molar-refractivity contribution is -0.117. The van der Waals surface area contributed by atoms with Crippen molar-refractivity contribution in [3.63, 3.8) is 0 Å². The molecule has 9 heteroatoms. The number of halogens is 1. The zero-order chi connectivity index (χ0) is 23.2. The van der Waals surface area contributed by atoms with Crippen LogP contribution in [0.5, 0.6) is 0 Å². The van der Waals surface area contributed by atoms with Gasteiger partial charge in [-0.3, -0.25) is 14.4 Å². The monoisotopic (exact) mass is 478 g/mol. The second kappa shape index (κ2) is 10.3. The molecule has 0 unspecified atom stereocenters. The third-order valence-corrected chi connectivity index (χ3v) is 5.84. The molecule has 0 aliphatic carbocycles. The van der Waals surface area contributed by atoms with Crippen LogP contribution >= 0.6 is 23.4 Å². The number of amidine groups is 1. The van der Waals surface area contributed by atoms with Crippen molar-refractivity contribution in [2.75, 3.05) is 16.1 Å². The fraction of sp³-hybridized carbons (Fsp3) is 0.0833. The van der Waals surface area contributed by atoms with E-state index < -0.39 is 0 Å². The van der Waals surface area contributed by atoms with Crippen molar-refractivity contribution in [2.45, 2.75) is 11.3 Å². The summed E-state index contributed by atoms with van der Waals surface area (Å²) in [5.41, 5.74) is 1.71. The van der Waals surface area contributed by atoms with Gasteiger partial charge < -0.3 is 10.6 Å². The Morgan fingerprint density at radius 2 is 1.76 bits per heavy atom. The number of hydrogen-bond donors (Lipinski definition) is 2. The number of hydrogen-bond acceptors (Lipinski definition) is 5. The van der Waals surface area contributed by atoms with Crippen LogP contribution in [0.25, 0.3) is 0 Å². The molecule has 0 bridgehead atoms. The molecule has 3 aromatic carbocycles. The molecular formula is C24H19ClN4O3S. The highest BCUT2D eigenvalue weighted by Crippen LogP contribution is 2.23. The lowest BCUT2D eigenvalue weighted by Crippen LogP contribution is -2.31. The van der Waals surface area contributed by atoms with Gasteiger partial charge >= 0.3 is 0 Å². The Kier molecular flexibility index (Phi) is 7.07. The van der Waals surface area contributed by atoms with Crippen molar-refractivity contribution in [1.29, 1.82) is 0 Å². The first-order chi connectivity index (χ1) is 16.0. The van der Waals surface area contributed by atoms with E-state index in [9.17, 15) is 14.4 Å². The number of rotatable bonds is 6. The van der Waals surface area contributed by atoms with Crippen LogP contribution in [0.15, 0.2) is 88.9 Å². The molecule has 7 nitrogen and oxygen atoms in total. The fourth-order valence-electron chi connectivity index (χ4n) is 3.11. The maximum Gasteiger partial charge on any atom is 0.255 e. The van der Waals surface area contributed by atoms with E-state index >= 15 is 0 Å². The average Bonchev–Trinajstić information content (AvgIpc) is 3.18. The van der Waals surface area contributed by atoms with E-state index in [2.05, 4.69) is 15.7 Å². The van der Waals surface area contributed by atoms with E-state index in [4.69, 9.17) is 11.6 Å². The van der Waals surface area contributed by atoms with Crippen LogP contribution in [0.2, 0.25) is 5.02 Å². The van der Waals surface area contributed by atoms with Gasteiger partial charge in [-0.25, -0.2) is 0 Å². The summed E-state index contributed by atoms with van der Waals surface area (Å²) in [6, 6.07) is 22.9. The van der Waals surface area contributed by atoms with Gasteiger partial charge in [0.05, 0.1) is 17.9 Å². The maximum atomic E-state index is 12.4. The first kappa shape index (κ1) is 22.6. The molecule has 0 radical (unpaired) electrons. The number of carbonyl (C=O) groups is 3. The number of nitrogens with zero attached hydrogens (tertiary/aromatic N) is 2. The summed E-state index contributed by atoms with van der Waals surface area (Å²) in [6.45, 7) is 0. The lowest BCUT2D eigenvalue weighted by Gasteiger charge is -2.10. The number of hydrazone groups is 1. The summed E-state index contributed by atoms with van der Waals surface area (Å²) < 4.78 is 0. The Morgan fingerprint density at radius 1 is 0.970 bits per heavy atom. The van der Waals surface area contributed by atoms with Crippen molar-refractivity contribution >= 4 is 58.3 Å². The number of thioether (sulfide) groups is 1. The molecule has 0 spiro atoms. The molecule has 0 saturated heterocycles. The van der Waals surface area contributed by atoms with Gasteiger partial charge in [0.15, 0.2) is 0 Å². The zero-order valence-corrected chi connectivity index (χ0v) is 18.9. The van der Waals surface area contributed by atoms with E-state index in [0.717, 1.165) is 4.90 Å². The van der Waals surface area contributed by atoms with E-state index in [0.29, 0.717) is 27.8 Å². The zero-order valence-electron chi connectivity index (χ0n) is 17.3. The average molecular weight is 479 g/mol. The second-order valence-corrected chi connectivity index (χ2v) is 8.58. The first-order valence-electron chi connectivity index (χ1n) is 10.0. The molecule has 1 heterocycles. The topological polar surface area (TPSA) is 90.9 Å². The van der Waals surface area contributed by atoms with Crippen molar-refractivity contribution in [1.82, 2.24) is 5.32 Å². The predicted molar refractivity (Wildman–Crippen MR) is 131 cm³/mol. The molecule has 2 N–H and O–H groups in total. The maximum absolute atomic E-state index is 12.4. The van der Waals surface area contributed by atoms with Crippen LogP contribution < -0.4 is 15.6 Å². The molecule has 166 valence electrons. The highest BCUT2D eigenvalue weighted by Gasteiger charge is 2.26. The minimum Gasteiger partial charge on any atom is -0.322 e. The molecular weight excluding hydrogens is 460 g/mol. The number of nitrogens with one attached hydrogen (secondary N) is 2. The molecule has 1 aliphatic rings. The van der Waals surface area contributed by atoms with Crippen LogP contribution in [0, 0.1) is 0 Å². The van der Waals surface area contributed by atoms with Gasteiger partial charge in [-0.1, -0.05) is 41.9 Å². The van der Waals surface area contributed by atoms with Crippen molar-refractivity contribution in [2.24, 2.45) is 5.10 Å². The summed E-state index contributed by atoms with van der Waals surface area (Å²) >= 11 is 7.26. The Morgan fingerprint density at radius 3 is 2.55 bits per heavy atom. The predicted octanol–water partition coefficient (Wildman–Crippen LogP) is 4.55. The largest absolute Gasteiger partial charge is 0.322 e. The number of carbonyl (C=O) groups excluding carboxylic acids is 3. The van der Waals surface area contributed by atoms with E-state index in [1.54, 1.807) is 54.6 Å². The van der Waals surface area contributed by atoms with Gasteiger partial charge in [-0.05, 0) is 48.5 Å². The fourth-order valence-corrected chi connectivity index (χ4v) is 4.06. The quantitative estimate of drug-likeness (QED) is 0.508. The van der Waals surface area contributed by atoms with E-state index in [-0.39, 0.29) is 29.9 Å². The minimum atomic E-state index is -0.274. The van der Waals surface area contributed by atoms with Gasteiger partial charge in [0.2, 0.25) is 5.91 Å². The molecule has 0 fully saturated rings. The molecule has 0 saturated carbocycles. The SMILES string of the molecule is O=C(CSc1cccc(NC(=O)c2cccc(Cl)c2)c1)NC1=NN(c2ccccc2)C(=O)C1. The van der Waals surface area contributed by atoms with Crippen LogP contribution in [-0.2, 0) is 9.59 Å². The van der Waals surface area contributed by atoms with Gasteiger partial charge in [0.25, 0.3) is 11.8 Å². The number of benzene rings is 3. The molecule has 3 aromatic rings. The lowest BCUT2D eigenvalue weighted by atomic mass is 10.2. The summed E-state index contributed by atoms with van der Waals surface area (Å²) in [6.07, 6.45) is 0.0380. The number of anilines is 2. The molecule has 3 amide bonds. The Bertz CT molecular complexity index is 1230. The van der Waals surface area contributed by atoms with E-state index in [1.165, 1.54) is 16.8 Å². The Balaban J connectivity index is 1.32. The number of para-hydroxylation sites is 1. The molecule has 0 aromatic heterocycles. The number of amides is 3. The minimum absolute atomic E-state index is 0.0380. The van der Waals surface area contributed by atoms with Crippen molar-refractivity contribution in [3.05, 3.63) is 89.4 Å². The summed E-state index contributed by atoms with van der Waals surface area (Å²) in [7, 11) is 0. The van der Waals surface area contributed by atoms with Crippen LogP contribution in [0.1, 0.15) is 16.8 Å². The Labute approximate surface area is 199 Å². The van der Waals surface area contributed by atoms with Gasteiger partial charge in [-0.2, -0.15) is 10.1 Å². The molecule has 1 aliphatic heterocycles. The van der Waals surface area contributed by atoms with Crippen molar-refractivity contribution < 1.29 is 14.4 Å². The third-order valence-electron chi connectivity index (χ3n) is 4.61. The normalized spacial score (nSPS) is 12.9. The first-order valence-corrected chi connectivity index (χ1v) is 11.4. The standard InChI is InChI=1S/C24H19ClN4O3S/c25-17-7-4-6-16(12-17)24(32)26-18-8-5-11-20(13-18)33-15-22(30)27-21-14-23(31)29(28-21)19-9-2-1-3-10-19/h1-13H,14-15H2,(H,26,32)(H,27,28,30). The van der Waals surface area contributed by atoms with Crippen LogP contribution in [0.3, 0.4) is 0 Å². The second-order valence-electron chi connectivity index (χ2n) is 7.09. The molecule has 4 rings (SSSR count). The summed E-state index contributed by atoms with van der Waals surface area (Å²) in [5, 5.41) is 11.5. The Hall–Kier alpha value is -3.62. The molecule has 33 heavy (non-hydrogen) atoms.